The van der Waals surface area contributed by atoms with Crippen molar-refractivity contribution in [3.05, 3.63) is 204 Å². The summed E-state index contributed by atoms with van der Waals surface area (Å²) in [6, 6.07) is 65.9. The van der Waals surface area contributed by atoms with Gasteiger partial charge in [0.15, 0.2) is 5.82 Å². The number of aromatic nitrogens is 2. The van der Waals surface area contributed by atoms with Gasteiger partial charge in [0.1, 0.15) is 0 Å². The molecule has 0 saturated carbocycles. The molecule has 2 aliphatic carbocycles. The van der Waals surface area contributed by atoms with Crippen molar-refractivity contribution < 1.29 is 0 Å². The van der Waals surface area contributed by atoms with Crippen LogP contribution in [0.4, 0.5) is 0 Å². The van der Waals surface area contributed by atoms with Gasteiger partial charge in [-0.2, -0.15) is 0 Å². The molecule has 0 unspecified atom stereocenters. The maximum Gasteiger partial charge on any atom is 0.160 e. The van der Waals surface area contributed by atoms with Crippen LogP contribution >= 0.6 is 0 Å². The fourth-order valence-electron chi connectivity index (χ4n) is 8.99. The molecule has 2 nitrogen and oxygen atoms in total. The van der Waals surface area contributed by atoms with Crippen molar-refractivity contribution >= 4 is 21.5 Å². The molecule has 1 spiro atoms. The molecule has 0 aliphatic heterocycles. The van der Waals surface area contributed by atoms with Gasteiger partial charge in [0.2, 0.25) is 0 Å². The predicted molar refractivity (Wildman–Crippen MR) is 210 cm³/mol. The normalized spacial score (nSPS) is 13.3. The second-order valence-corrected chi connectivity index (χ2v) is 13.7. The van der Waals surface area contributed by atoms with Gasteiger partial charge in [-0.3, -0.25) is 0 Å². The molecule has 9 aromatic rings. The van der Waals surface area contributed by atoms with E-state index >= 15 is 0 Å². The van der Waals surface area contributed by atoms with E-state index < -0.39 is 0 Å². The standard InChI is InChI=1S/C49H30N2/c1-3-13-31(14-4-1)43-30-44(51-48(50-43)34-15-5-2-6-16-34)36-20-9-19-35(29-36)37-22-12-26-42-47(37)38-21-7-8-23-39(38)49(42)40-24-10-17-32-27-28-33-18-11-25-41(49)46(33)45(32)40/h1-30H. The zero-order valence-electron chi connectivity index (χ0n) is 27.7. The highest BCUT2D eigenvalue weighted by molar-refractivity contribution is 6.17. The molecule has 1 aromatic heterocycles. The van der Waals surface area contributed by atoms with Crippen molar-refractivity contribution in [3.8, 4) is 56.2 Å². The minimum atomic E-state index is -0.385. The van der Waals surface area contributed by atoms with Crippen LogP contribution in [0.25, 0.3) is 77.7 Å². The molecule has 2 heteroatoms. The Hall–Kier alpha value is -6.64. The Morgan fingerprint density at radius 2 is 0.843 bits per heavy atom. The maximum atomic E-state index is 5.16. The van der Waals surface area contributed by atoms with E-state index in [1.54, 1.807) is 0 Å². The summed E-state index contributed by atoms with van der Waals surface area (Å²) in [5.74, 6) is 0.720. The average molecular weight is 647 g/mol. The summed E-state index contributed by atoms with van der Waals surface area (Å²) in [5, 5.41) is 5.36. The van der Waals surface area contributed by atoms with Gasteiger partial charge in [-0.15, -0.1) is 0 Å². The van der Waals surface area contributed by atoms with E-state index in [-0.39, 0.29) is 5.41 Å². The van der Waals surface area contributed by atoms with Gasteiger partial charge in [-0.25, -0.2) is 9.97 Å². The summed E-state index contributed by atoms with van der Waals surface area (Å²) in [4.78, 5) is 10.2. The molecule has 11 rings (SSSR count). The Morgan fingerprint density at radius 1 is 0.333 bits per heavy atom. The van der Waals surface area contributed by atoms with Crippen LogP contribution in [0.1, 0.15) is 22.3 Å². The molecule has 0 amide bonds. The molecule has 0 N–H and O–H groups in total. The van der Waals surface area contributed by atoms with Crippen LogP contribution < -0.4 is 0 Å². The number of hydrogen-bond acceptors (Lipinski definition) is 2. The van der Waals surface area contributed by atoms with Crippen LogP contribution in [0.15, 0.2) is 182 Å². The quantitative estimate of drug-likeness (QED) is 0.178. The second kappa shape index (κ2) is 10.7. The van der Waals surface area contributed by atoms with Crippen molar-refractivity contribution in [2.45, 2.75) is 5.41 Å². The molecular formula is C49H30N2. The third-order valence-electron chi connectivity index (χ3n) is 11.1. The van der Waals surface area contributed by atoms with Gasteiger partial charge in [0, 0.05) is 16.7 Å². The van der Waals surface area contributed by atoms with Crippen molar-refractivity contribution in [1.82, 2.24) is 9.97 Å². The highest BCUT2D eigenvalue weighted by atomic mass is 14.9. The topological polar surface area (TPSA) is 25.8 Å². The summed E-state index contributed by atoms with van der Waals surface area (Å²) in [6.07, 6.45) is 0. The van der Waals surface area contributed by atoms with E-state index in [0.717, 1.165) is 33.9 Å². The molecule has 0 saturated heterocycles. The summed E-state index contributed by atoms with van der Waals surface area (Å²) in [7, 11) is 0. The lowest BCUT2D eigenvalue weighted by atomic mass is 9.70. The van der Waals surface area contributed by atoms with Gasteiger partial charge in [-0.1, -0.05) is 170 Å². The molecule has 51 heavy (non-hydrogen) atoms. The van der Waals surface area contributed by atoms with Gasteiger partial charge in [-0.05, 0) is 78.2 Å². The molecule has 0 radical (unpaired) electrons. The Morgan fingerprint density at radius 3 is 1.57 bits per heavy atom. The van der Waals surface area contributed by atoms with Crippen molar-refractivity contribution in [1.29, 1.82) is 0 Å². The third-order valence-corrected chi connectivity index (χ3v) is 11.1. The highest BCUT2D eigenvalue weighted by Gasteiger charge is 2.51. The van der Waals surface area contributed by atoms with E-state index in [1.807, 2.05) is 24.3 Å². The molecule has 2 aliphatic rings. The maximum absolute atomic E-state index is 5.16. The Kier molecular flexibility index (Phi) is 5.91. The molecular weight excluding hydrogens is 617 g/mol. The Labute approximate surface area is 296 Å². The smallest absolute Gasteiger partial charge is 0.160 e. The van der Waals surface area contributed by atoms with Crippen molar-refractivity contribution in [3.63, 3.8) is 0 Å². The minimum absolute atomic E-state index is 0.385. The first-order chi connectivity index (χ1) is 25.3. The first kappa shape index (κ1) is 28.2. The Balaban J connectivity index is 1.14. The zero-order valence-corrected chi connectivity index (χ0v) is 27.7. The molecule has 0 atom stereocenters. The van der Waals surface area contributed by atoms with E-state index in [1.165, 1.54) is 66.1 Å². The SMILES string of the molecule is c1ccc(-c2cc(-c3cccc(-c4cccc5c4-c4ccccc4C54c5cccc6ccc7cccc4c7c56)c3)nc(-c3ccccc3)n2)cc1. The van der Waals surface area contributed by atoms with Crippen molar-refractivity contribution in [2.75, 3.05) is 0 Å². The van der Waals surface area contributed by atoms with Gasteiger partial charge >= 0.3 is 0 Å². The largest absolute Gasteiger partial charge is 0.228 e. The number of rotatable bonds is 4. The molecule has 8 aromatic carbocycles. The van der Waals surface area contributed by atoms with Crippen LogP contribution in [0, 0.1) is 0 Å². The monoisotopic (exact) mass is 646 g/mol. The van der Waals surface area contributed by atoms with Gasteiger partial charge < -0.3 is 0 Å². The molecule has 1 heterocycles. The zero-order chi connectivity index (χ0) is 33.5. The summed E-state index contributed by atoms with van der Waals surface area (Å²) in [5.41, 5.74) is 15.0. The first-order valence-electron chi connectivity index (χ1n) is 17.6. The lowest BCUT2D eigenvalue weighted by Gasteiger charge is -2.31. The van der Waals surface area contributed by atoms with Gasteiger partial charge in [0.25, 0.3) is 0 Å². The summed E-state index contributed by atoms with van der Waals surface area (Å²) in [6.45, 7) is 0. The molecule has 0 bridgehead atoms. The fraction of sp³-hybridized carbons (Fsp3) is 0.0204. The first-order valence-corrected chi connectivity index (χ1v) is 17.6. The summed E-state index contributed by atoms with van der Waals surface area (Å²) >= 11 is 0. The number of fused-ring (bicyclic) bond motifs is 7. The molecule has 0 fully saturated rings. The average Bonchev–Trinajstić information content (AvgIpc) is 3.69. The number of nitrogens with zero attached hydrogens (tertiary/aromatic N) is 2. The van der Waals surface area contributed by atoms with E-state index in [9.17, 15) is 0 Å². The number of hydrogen-bond donors (Lipinski definition) is 0. The third kappa shape index (κ3) is 3.93. The molecule has 236 valence electrons. The number of benzene rings is 8. The predicted octanol–water partition coefficient (Wildman–Crippen LogP) is 12.1. The van der Waals surface area contributed by atoms with Crippen LogP contribution in [-0.4, -0.2) is 9.97 Å². The minimum Gasteiger partial charge on any atom is -0.228 e. The summed E-state index contributed by atoms with van der Waals surface area (Å²) < 4.78 is 0. The highest BCUT2D eigenvalue weighted by Crippen LogP contribution is 2.63. The Bertz CT molecular complexity index is 2730. The van der Waals surface area contributed by atoms with E-state index in [0.29, 0.717) is 0 Å². The van der Waals surface area contributed by atoms with Crippen molar-refractivity contribution in [2.24, 2.45) is 0 Å². The van der Waals surface area contributed by atoms with E-state index in [2.05, 4.69) is 158 Å². The van der Waals surface area contributed by atoms with Crippen LogP contribution in [0.3, 0.4) is 0 Å². The van der Waals surface area contributed by atoms with E-state index in [4.69, 9.17) is 9.97 Å². The second-order valence-electron chi connectivity index (χ2n) is 13.7. The lowest BCUT2D eigenvalue weighted by Crippen LogP contribution is -2.26. The van der Waals surface area contributed by atoms with Crippen LogP contribution in [0.5, 0.6) is 0 Å². The van der Waals surface area contributed by atoms with Crippen LogP contribution in [0.2, 0.25) is 0 Å². The van der Waals surface area contributed by atoms with Gasteiger partial charge in [0.05, 0.1) is 16.8 Å². The van der Waals surface area contributed by atoms with Crippen LogP contribution in [-0.2, 0) is 5.41 Å². The fourth-order valence-corrected chi connectivity index (χ4v) is 8.99. The lowest BCUT2D eigenvalue weighted by molar-refractivity contribution is 0.797.